The topological polar surface area (TPSA) is 48.8 Å². The standard InChI is InChI=1S/C15H11N3/c1-12-7-10-15(17-18-16)14(11-12)9-8-13-5-3-2-4-6-13/h2-7,10-11H,1H3. The Morgan fingerprint density at radius 3 is 2.56 bits per heavy atom. The minimum absolute atomic E-state index is 0.562. The van der Waals surface area contributed by atoms with E-state index in [0.29, 0.717) is 5.69 Å². The van der Waals surface area contributed by atoms with E-state index >= 15 is 0 Å². The molecule has 0 amide bonds. The van der Waals surface area contributed by atoms with Crippen molar-refractivity contribution in [3.05, 3.63) is 75.7 Å². The summed E-state index contributed by atoms with van der Waals surface area (Å²) >= 11 is 0. The van der Waals surface area contributed by atoms with Crippen LogP contribution in [0.3, 0.4) is 0 Å². The highest BCUT2D eigenvalue weighted by Crippen LogP contribution is 2.19. The molecule has 3 nitrogen and oxygen atoms in total. The predicted octanol–water partition coefficient (Wildman–Crippen LogP) is 4.34. The number of azide groups is 1. The third kappa shape index (κ3) is 2.91. The van der Waals surface area contributed by atoms with E-state index in [9.17, 15) is 0 Å². The van der Waals surface area contributed by atoms with Gasteiger partial charge in [-0.05, 0) is 36.2 Å². The second-order valence-corrected chi connectivity index (χ2v) is 3.83. The van der Waals surface area contributed by atoms with Crippen LogP contribution >= 0.6 is 0 Å². The van der Waals surface area contributed by atoms with Crippen LogP contribution in [0.25, 0.3) is 10.4 Å². The Balaban J connectivity index is 2.43. The van der Waals surface area contributed by atoms with Crippen LogP contribution in [0.15, 0.2) is 53.6 Å². The van der Waals surface area contributed by atoms with Gasteiger partial charge < -0.3 is 0 Å². The van der Waals surface area contributed by atoms with Gasteiger partial charge in [0.15, 0.2) is 0 Å². The largest absolute Gasteiger partial charge is 0.0622 e. The number of benzene rings is 2. The van der Waals surface area contributed by atoms with Gasteiger partial charge in [-0.1, -0.05) is 47.3 Å². The SMILES string of the molecule is Cc1ccc(N=[N+]=[N-])c(C#Cc2ccccc2)c1. The highest BCUT2D eigenvalue weighted by Gasteiger charge is 1.97. The molecule has 0 atom stereocenters. The summed E-state index contributed by atoms with van der Waals surface area (Å²) in [5.41, 5.74) is 11.8. The third-order valence-electron chi connectivity index (χ3n) is 2.42. The highest BCUT2D eigenvalue weighted by atomic mass is 15.1. The molecule has 0 unspecified atom stereocenters. The van der Waals surface area contributed by atoms with E-state index in [1.54, 1.807) is 6.07 Å². The van der Waals surface area contributed by atoms with E-state index < -0.39 is 0 Å². The van der Waals surface area contributed by atoms with E-state index in [2.05, 4.69) is 21.9 Å². The first-order valence-electron chi connectivity index (χ1n) is 5.52. The van der Waals surface area contributed by atoms with Crippen molar-refractivity contribution in [2.45, 2.75) is 6.92 Å². The zero-order valence-corrected chi connectivity index (χ0v) is 9.96. The van der Waals surface area contributed by atoms with Gasteiger partial charge in [0.1, 0.15) is 0 Å². The van der Waals surface area contributed by atoms with Gasteiger partial charge in [0.05, 0.1) is 5.69 Å². The Morgan fingerprint density at radius 1 is 1.06 bits per heavy atom. The van der Waals surface area contributed by atoms with E-state index in [4.69, 9.17) is 5.53 Å². The van der Waals surface area contributed by atoms with Gasteiger partial charge in [0, 0.05) is 16.0 Å². The van der Waals surface area contributed by atoms with Gasteiger partial charge in [-0.3, -0.25) is 0 Å². The fraction of sp³-hybridized carbons (Fsp3) is 0.0667. The summed E-state index contributed by atoms with van der Waals surface area (Å²) in [7, 11) is 0. The van der Waals surface area contributed by atoms with E-state index in [1.807, 2.05) is 49.4 Å². The molecule has 0 N–H and O–H groups in total. The van der Waals surface area contributed by atoms with Crippen LogP contribution in [-0.4, -0.2) is 0 Å². The molecule has 0 aliphatic carbocycles. The third-order valence-corrected chi connectivity index (χ3v) is 2.42. The number of hydrogen-bond donors (Lipinski definition) is 0. The molecule has 0 spiro atoms. The molecule has 86 valence electrons. The average molecular weight is 233 g/mol. The molecular formula is C15H11N3. The van der Waals surface area contributed by atoms with Crippen molar-refractivity contribution in [1.82, 2.24) is 0 Å². The maximum absolute atomic E-state index is 8.51. The summed E-state index contributed by atoms with van der Waals surface area (Å²) in [6.45, 7) is 1.98. The molecule has 0 fully saturated rings. The second kappa shape index (κ2) is 5.58. The van der Waals surface area contributed by atoms with Crippen LogP contribution in [0.2, 0.25) is 0 Å². The molecule has 2 aromatic carbocycles. The van der Waals surface area contributed by atoms with Crippen LogP contribution in [0.5, 0.6) is 0 Å². The van der Waals surface area contributed by atoms with Crippen LogP contribution in [-0.2, 0) is 0 Å². The van der Waals surface area contributed by atoms with Crippen molar-refractivity contribution < 1.29 is 0 Å². The summed E-state index contributed by atoms with van der Waals surface area (Å²) in [6.07, 6.45) is 0. The van der Waals surface area contributed by atoms with E-state index in [0.717, 1.165) is 16.7 Å². The fourth-order valence-corrected chi connectivity index (χ4v) is 1.55. The monoisotopic (exact) mass is 233 g/mol. The first kappa shape index (κ1) is 11.8. The minimum atomic E-state index is 0.562. The summed E-state index contributed by atoms with van der Waals surface area (Å²) in [4.78, 5) is 2.81. The highest BCUT2D eigenvalue weighted by molar-refractivity contribution is 5.58. The molecule has 3 heteroatoms. The number of rotatable bonds is 1. The molecule has 2 aromatic rings. The van der Waals surface area contributed by atoms with Crippen molar-refractivity contribution in [3.8, 4) is 11.8 Å². The predicted molar refractivity (Wildman–Crippen MR) is 72.4 cm³/mol. The fourth-order valence-electron chi connectivity index (χ4n) is 1.55. The smallest absolute Gasteiger partial charge is 0.0532 e. The molecule has 0 aromatic heterocycles. The van der Waals surface area contributed by atoms with Crippen LogP contribution < -0.4 is 0 Å². The summed E-state index contributed by atoms with van der Waals surface area (Å²) in [5, 5.41) is 3.64. The molecule has 0 bridgehead atoms. The zero-order chi connectivity index (χ0) is 12.8. The van der Waals surface area contributed by atoms with Crippen LogP contribution in [0.4, 0.5) is 5.69 Å². The van der Waals surface area contributed by atoms with Crippen LogP contribution in [0.1, 0.15) is 16.7 Å². The Hall–Kier alpha value is -2.69. The number of nitrogens with zero attached hydrogens (tertiary/aromatic N) is 3. The molecule has 0 radical (unpaired) electrons. The minimum Gasteiger partial charge on any atom is -0.0622 e. The van der Waals surface area contributed by atoms with Crippen molar-refractivity contribution in [2.24, 2.45) is 5.11 Å². The molecular weight excluding hydrogens is 222 g/mol. The van der Waals surface area contributed by atoms with Gasteiger partial charge in [-0.2, -0.15) is 0 Å². The molecule has 0 heterocycles. The van der Waals surface area contributed by atoms with Crippen molar-refractivity contribution in [2.75, 3.05) is 0 Å². The van der Waals surface area contributed by atoms with Crippen molar-refractivity contribution >= 4 is 5.69 Å². The second-order valence-electron chi connectivity index (χ2n) is 3.83. The first-order valence-corrected chi connectivity index (χ1v) is 5.52. The summed E-state index contributed by atoms with van der Waals surface area (Å²) in [6, 6.07) is 15.3. The van der Waals surface area contributed by atoms with E-state index in [-0.39, 0.29) is 0 Å². The number of hydrogen-bond acceptors (Lipinski definition) is 1. The van der Waals surface area contributed by atoms with Crippen molar-refractivity contribution in [3.63, 3.8) is 0 Å². The average Bonchev–Trinajstić information content (AvgIpc) is 2.40. The Morgan fingerprint density at radius 2 is 1.83 bits per heavy atom. The van der Waals surface area contributed by atoms with Gasteiger partial charge in [-0.15, -0.1) is 0 Å². The zero-order valence-electron chi connectivity index (χ0n) is 9.96. The lowest BCUT2D eigenvalue weighted by Crippen LogP contribution is -1.79. The van der Waals surface area contributed by atoms with Gasteiger partial charge in [0.2, 0.25) is 0 Å². The molecule has 0 saturated carbocycles. The van der Waals surface area contributed by atoms with E-state index in [1.165, 1.54) is 0 Å². The Bertz CT molecular complexity index is 657. The van der Waals surface area contributed by atoms with Gasteiger partial charge in [0.25, 0.3) is 0 Å². The maximum Gasteiger partial charge on any atom is 0.0532 e. The molecule has 18 heavy (non-hydrogen) atoms. The molecule has 0 aliphatic rings. The lowest BCUT2D eigenvalue weighted by Gasteiger charge is -1.98. The van der Waals surface area contributed by atoms with Crippen LogP contribution in [0, 0.1) is 18.8 Å². The Kier molecular flexibility index (Phi) is 3.66. The normalized spacial score (nSPS) is 8.94. The van der Waals surface area contributed by atoms with Crippen molar-refractivity contribution in [1.29, 1.82) is 0 Å². The van der Waals surface area contributed by atoms with Gasteiger partial charge >= 0.3 is 0 Å². The summed E-state index contributed by atoms with van der Waals surface area (Å²) in [5.74, 6) is 6.09. The first-order chi connectivity index (χ1) is 8.79. The quantitative estimate of drug-likeness (QED) is 0.304. The lowest BCUT2D eigenvalue weighted by atomic mass is 10.1. The van der Waals surface area contributed by atoms with Gasteiger partial charge in [-0.25, -0.2) is 0 Å². The number of aryl methyl sites for hydroxylation is 1. The molecule has 0 aliphatic heterocycles. The summed E-state index contributed by atoms with van der Waals surface area (Å²) < 4.78 is 0. The maximum atomic E-state index is 8.51. The molecule has 0 saturated heterocycles. The Labute approximate surface area is 106 Å². The molecule has 2 rings (SSSR count). The lowest BCUT2D eigenvalue weighted by molar-refractivity contribution is 1.39.